The molecule has 0 spiro atoms. The molecule has 2 heterocycles. The maximum Gasteiger partial charge on any atom is 0.234 e. The molecule has 0 bridgehead atoms. The highest BCUT2D eigenvalue weighted by molar-refractivity contribution is 7.99. The summed E-state index contributed by atoms with van der Waals surface area (Å²) in [5.74, 6) is 0.133. The van der Waals surface area contributed by atoms with Crippen molar-refractivity contribution >= 4 is 45.4 Å². The van der Waals surface area contributed by atoms with Gasteiger partial charge in [0.1, 0.15) is 5.52 Å². The number of amides is 1. The minimum Gasteiger partial charge on any atom is -0.338 e. The molecule has 2 aromatic carbocycles. The number of anilines is 1. The van der Waals surface area contributed by atoms with Gasteiger partial charge in [0.05, 0.1) is 5.75 Å². The Bertz CT molecular complexity index is 1150. The molecule has 0 unspecified atom stereocenters. The van der Waals surface area contributed by atoms with Gasteiger partial charge >= 0.3 is 0 Å². The first-order chi connectivity index (χ1) is 13.0. The van der Waals surface area contributed by atoms with Crippen LogP contribution in [0.25, 0.3) is 22.1 Å². The standard InChI is InChI=1S/C20H19N5OS/c1-11-7-8-15-14(9-11)18-19(21-15)23-20(25-24-18)27-10-16(26)22-17-12(2)5-4-6-13(17)3/h4-9H,10H2,1-3H3,(H,22,26)(H,21,23,25). The molecule has 0 radical (unpaired) electrons. The molecule has 0 aliphatic rings. The van der Waals surface area contributed by atoms with E-state index in [9.17, 15) is 4.79 Å². The number of fused-ring (bicyclic) bond motifs is 3. The molecule has 2 N–H and O–H groups in total. The van der Waals surface area contributed by atoms with Crippen molar-refractivity contribution in [1.29, 1.82) is 0 Å². The van der Waals surface area contributed by atoms with Crippen molar-refractivity contribution < 1.29 is 4.79 Å². The highest BCUT2D eigenvalue weighted by Gasteiger charge is 2.12. The second-order valence-electron chi connectivity index (χ2n) is 6.57. The van der Waals surface area contributed by atoms with Gasteiger partial charge in [0.2, 0.25) is 11.1 Å². The first-order valence-electron chi connectivity index (χ1n) is 8.63. The number of para-hydroxylation sites is 1. The lowest BCUT2D eigenvalue weighted by Gasteiger charge is -2.10. The number of aromatic amines is 1. The van der Waals surface area contributed by atoms with Gasteiger partial charge in [-0.1, -0.05) is 41.6 Å². The first-order valence-corrected chi connectivity index (χ1v) is 9.61. The van der Waals surface area contributed by atoms with E-state index >= 15 is 0 Å². The SMILES string of the molecule is Cc1ccc2[nH]c3nc(SCC(=O)Nc4c(C)cccc4C)nnc3c2c1. The van der Waals surface area contributed by atoms with Crippen LogP contribution in [0.1, 0.15) is 16.7 Å². The molecule has 27 heavy (non-hydrogen) atoms. The number of benzene rings is 2. The molecule has 0 aliphatic carbocycles. The van der Waals surface area contributed by atoms with Gasteiger partial charge in [0.15, 0.2) is 5.65 Å². The van der Waals surface area contributed by atoms with Crippen molar-refractivity contribution in [2.75, 3.05) is 11.1 Å². The average molecular weight is 377 g/mol. The number of carbonyl (C=O) groups is 1. The molecule has 136 valence electrons. The Morgan fingerprint density at radius 1 is 1.11 bits per heavy atom. The molecular weight excluding hydrogens is 358 g/mol. The van der Waals surface area contributed by atoms with Crippen LogP contribution in [0.5, 0.6) is 0 Å². The van der Waals surface area contributed by atoms with Crippen LogP contribution >= 0.6 is 11.8 Å². The third-order valence-corrected chi connectivity index (χ3v) is 5.27. The third-order valence-electron chi connectivity index (χ3n) is 4.43. The summed E-state index contributed by atoms with van der Waals surface area (Å²) in [5.41, 5.74) is 6.52. The maximum absolute atomic E-state index is 12.3. The van der Waals surface area contributed by atoms with Gasteiger partial charge in [0.25, 0.3) is 0 Å². The van der Waals surface area contributed by atoms with Crippen molar-refractivity contribution in [3.05, 3.63) is 53.1 Å². The number of thioether (sulfide) groups is 1. The fourth-order valence-electron chi connectivity index (χ4n) is 3.05. The van der Waals surface area contributed by atoms with Crippen molar-refractivity contribution in [1.82, 2.24) is 20.2 Å². The molecule has 2 aromatic heterocycles. The van der Waals surface area contributed by atoms with E-state index in [1.54, 1.807) is 0 Å². The minimum atomic E-state index is -0.0895. The summed E-state index contributed by atoms with van der Waals surface area (Å²) in [5, 5.41) is 12.9. The summed E-state index contributed by atoms with van der Waals surface area (Å²) in [6, 6.07) is 12.1. The first kappa shape index (κ1) is 17.5. The normalized spacial score (nSPS) is 11.2. The molecule has 1 amide bonds. The Balaban J connectivity index is 1.50. The van der Waals surface area contributed by atoms with E-state index in [-0.39, 0.29) is 11.7 Å². The summed E-state index contributed by atoms with van der Waals surface area (Å²) < 4.78 is 0. The zero-order valence-electron chi connectivity index (χ0n) is 15.3. The molecule has 4 rings (SSSR count). The maximum atomic E-state index is 12.3. The topological polar surface area (TPSA) is 83.6 Å². The van der Waals surface area contributed by atoms with Gasteiger partial charge in [-0.05, 0) is 44.0 Å². The summed E-state index contributed by atoms with van der Waals surface area (Å²) in [6.45, 7) is 6.00. The number of nitrogens with zero attached hydrogens (tertiary/aromatic N) is 3. The number of aryl methyl sites for hydroxylation is 3. The fraction of sp³-hybridized carbons (Fsp3) is 0.200. The lowest BCUT2D eigenvalue weighted by molar-refractivity contribution is -0.113. The van der Waals surface area contributed by atoms with Crippen LogP contribution in [0.2, 0.25) is 0 Å². The van der Waals surface area contributed by atoms with Crippen molar-refractivity contribution in [2.24, 2.45) is 0 Å². The van der Waals surface area contributed by atoms with Crippen LogP contribution in [0.4, 0.5) is 5.69 Å². The van der Waals surface area contributed by atoms with Crippen LogP contribution in [-0.4, -0.2) is 31.8 Å². The van der Waals surface area contributed by atoms with E-state index in [0.29, 0.717) is 10.8 Å². The number of rotatable bonds is 4. The zero-order valence-corrected chi connectivity index (χ0v) is 16.1. The third kappa shape index (κ3) is 3.50. The molecule has 7 heteroatoms. The Morgan fingerprint density at radius 3 is 2.67 bits per heavy atom. The predicted molar refractivity (Wildman–Crippen MR) is 109 cm³/mol. The van der Waals surface area contributed by atoms with Crippen LogP contribution in [0.15, 0.2) is 41.6 Å². The van der Waals surface area contributed by atoms with E-state index in [1.165, 1.54) is 11.8 Å². The molecule has 0 atom stereocenters. The molecule has 4 aromatic rings. The lowest BCUT2D eigenvalue weighted by Crippen LogP contribution is -2.16. The molecule has 0 fully saturated rings. The van der Waals surface area contributed by atoms with Crippen molar-refractivity contribution in [3.8, 4) is 0 Å². The Labute approximate surface area is 160 Å². The molecule has 6 nitrogen and oxygen atoms in total. The second kappa shape index (κ2) is 7.00. The van der Waals surface area contributed by atoms with Gasteiger partial charge in [-0.2, -0.15) is 0 Å². The molecule has 0 saturated heterocycles. The van der Waals surface area contributed by atoms with Gasteiger partial charge in [-0.15, -0.1) is 10.2 Å². The molecular formula is C20H19N5OS. The van der Waals surface area contributed by atoms with Crippen LogP contribution in [0, 0.1) is 20.8 Å². The van der Waals surface area contributed by atoms with E-state index in [2.05, 4.69) is 31.5 Å². The van der Waals surface area contributed by atoms with E-state index in [4.69, 9.17) is 0 Å². The number of hydrogen-bond donors (Lipinski definition) is 2. The summed E-state index contributed by atoms with van der Waals surface area (Å²) in [7, 11) is 0. The van der Waals surface area contributed by atoms with E-state index in [0.717, 1.165) is 38.8 Å². The van der Waals surface area contributed by atoms with E-state index < -0.39 is 0 Å². The monoisotopic (exact) mass is 377 g/mol. The van der Waals surface area contributed by atoms with Crippen molar-refractivity contribution in [3.63, 3.8) is 0 Å². The molecule has 0 aliphatic heterocycles. The van der Waals surface area contributed by atoms with Crippen molar-refractivity contribution in [2.45, 2.75) is 25.9 Å². The largest absolute Gasteiger partial charge is 0.338 e. The van der Waals surface area contributed by atoms with E-state index in [1.807, 2.05) is 51.1 Å². The van der Waals surface area contributed by atoms with Gasteiger partial charge < -0.3 is 10.3 Å². The fourth-order valence-corrected chi connectivity index (χ4v) is 3.64. The summed E-state index contributed by atoms with van der Waals surface area (Å²) in [4.78, 5) is 20.1. The smallest absolute Gasteiger partial charge is 0.234 e. The zero-order chi connectivity index (χ0) is 19.0. The average Bonchev–Trinajstić information content (AvgIpc) is 3.00. The summed E-state index contributed by atoms with van der Waals surface area (Å²) >= 11 is 1.27. The van der Waals surface area contributed by atoms with Crippen LogP contribution in [-0.2, 0) is 4.79 Å². The lowest BCUT2D eigenvalue weighted by atomic mass is 10.1. The van der Waals surface area contributed by atoms with Gasteiger partial charge in [0, 0.05) is 16.6 Å². The number of nitrogens with one attached hydrogen (secondary N) is 2. The molecule has 0 saturated carbocycles. The number of hydrogen-bond acceptors (Lipinski definition) is 5. The van der Waals surface area contributed by atoms with Gasteiger partial charge in [-0.3, -0.25) is 4.79 Å². The summed E-state index contributed by atoms with van der Waals surface area (Å²) in [6.07, 6.45) is 0. The minimum absolute atomic E-state index is 0.0895. The second-order valence-corrected chi connectivity index (χ2v) is 7.51. The Kier molecular flexibility index (Phi) is 4.53. The van der Waals surface area contributed by atoms with Gasteiger partial charge in [-0.25, -0.2) is 4.98 Å². The predicted octanol–water partition coefficient (Wildman–Crippen LogP) is 4.16. The number of aromatic nitrogens is 4. The number of H-pyrrole nitrogens is 1. The highest BCUT2D eigenvalue weighted by Crippen LogP contribution is 2.25. The van der Waals surface area contributed by atoms with Crippen LogP contribution < -0.4 is 5.32 Å². The highest BCUT2D eigenvalue weighted by atomic mass is 32.2. The quantitative estimate of drug-likeness (QED) is 0.522. The van der Waals surface area contributed by atoms with Crippen LogP contribution in [0.3, 0.4) is 0 Å². The Hall–Kier alpha value is -2.93. The Morgan fingerprint density at radius 2 is 1.89 bits per heavy atom. The number of carbonyl (C=O) groups excluding carboxylic acids is 1.